The lowest BCUT2D eigenvalue weighted by Gasteiger charge is -2.11. The van der Waals surface area contributed by atoms with Gasteiger partial charge in [-0.25, -0.2) is 9.78 Å². The van der Waals surface area contributed by atoms with Gasteiger partial charge in [0.2, 0.25) is 5.88 Å². The Morgan fingerprint density at radius 3 is 2.68 bits per heavy atom. The molecule has 4 nitrogen and oxygen atoms in total. The Bertz CT molecular complexity index is 506. The Hall–Kier alpha value is -2.23. The lowest BCUT2D eigenvalue weighted by Crippen LogP contribution is -2.14. The molecule has 19 heavy (non-hydrogen) atoms. The molecule has 0 fully saturated rings. The van der Waals surface area contributed by atoms with Gasteiger partial charge >= 0.3 is 12.1 Å². The molecule has 1 rings (SSSR count). The molecular weight excluding hydrogens is 263 g/mol. The van der Waals surface area contributed by atoms with Gasteiger partial charge in [-0.2, -0.15) is 13.2 Å². The maximum Gasteiger partial charge on any atom is 0.433 e. The monoisotopic (exact) mass is 273 g/mol. The molecule has 1 aromatic heterocycles. The summed E-state index contributed by atoms with van der Waals surface area (Å²) < 4.78 is 47.0. The van der Waals surface area contributed by atoms with Gasteiger partial charge in [-0.1, -0.05) is 5.92 Å². The number of carbonyl (C=O) groups is 1. The molecule has 0 bridgehead atoms. The third kappa shape index (κ3) is 3.88. The van der Waals surface area contributed by atoms with E-state index in [4.69, 9.17) is 11.2 Å². The van der Waals surface area contributed by atoms with Crippen molar-refractivity contribution in [2.45, 2.75) is 13.1 Å². The topological polar surface area (TPSA) is 48.4 Å². The molecule has 0 atom stereocenters. The molecule has 102 valence electrons. The van der Waals surface area contributed by atoms with Gasteiger partial charge in [0.15, 0.2) is 6.61 Å². The summed E-state index contributed by atoms with van der Waals surface area (Å²) >= 11 is 0. The van der Waals surface area contributed by atoms with Gasteiger partial charge in [-0.15, -0.1) is 6.42 Å². The number of rotatable bonds is 4. The molecule has 0 spiro atoms. The van der Waals surface area contributed by atoms with Crippen LogP contribution >= 0.6 is 0 Å². The van der Waals surface area contributed by atoms with Crippen molar-refractivity contribution in [1.82, 2.24) is 4.98 Å². The number of alkyl halides is 3. The largest absolute Gasteiger partial charge is 0.464 e. The Kier molecular flexibility index (Phi) is 4.75. The fourth-order valence-electron chi connectivity index (χ4n) is 1.18. The summed E-state index contributed by atoms with van der Waals surface area (Å²) in [5, 5.41) is 0. The molecule has 0 unspecified atom stereocenters. The minimum Gasteiger partial charge on any atom is -0.464 e. The van der Waals surface area contributed by atoms with E-state index in [0.29, 0.717) is 6.07 Å². The molecule has 0 aromatic carbocycles. The van der Waals surface area contributed by atoms with Crippen molar-refractivity contribution in [3.05, 3.63) is 23.4 Å². The molecule has 0 aliphatic rings. The van der Waals surface area contributed by atoms with E-state index in [1.165, 1.54) is 0 Å². The van der Waals surface area contributed by atoms with Gasteiger partial charge in [0.05, 0.1) is 6.61 Å². The van der Waals surface area contributed by atoms with Gasteiger partial charge in [0.25, 0.3) is 0 Å². The third-order valence-corrected chi connectivity index (χ3v) is 1.94. The summed E-state index contributed by atoms with van der Waals surface area (Å²) in [4.78, 5) is 14.8. The summed E-state index contributed by atoms with van der Waals surface area (Å²) in [6, 6.07) is 1.62. The fourth-order valence-corrected chi connectivity index (χ4v) is 1.18. The second-order valence-electron chi connectivity index (χ2n) is 3.26. The Morgan fingerprint density at radius 1 is 1.47 bits per heavy atom. The lowest BCUT2D eigenvalue weighted by molar-refractivity contribution is -0.141. The summed E-state index contributed by atoms with van der Waals surface area (Å²) in [5.74, 6) is 0.759. The number of aromatic nitrogens is 1. The molecular formula is C12H10F3NO3. The number of esters is 1. The molecule has 1 aromatic rings. The number of pyridine rings is 1. The number of hydrogen-bond donors (Lipinski definition) is 0. The van der Waals surface area contributed by atoms with E-state index in [2.05, 4.69) is 15.6 Å². The van der Waals surface area contributed by atoms with Crippen molar-refractivity contribution in [1.29, 1.82) is 0 Å². The number of hydrogen-bond acceptors (Lipinski definition) is 4. The summed E-state index contributed by atoms with van der Waals surface area (Å²) in [6.45, 7) is 1.34. The van der Waals surface area contributed by atoms with Gasteiger partial charge in [0.1, 0.15) is 11.3 Å². The molecule has 0 saturated carbocycles. The predicted molar refractivity (Wildman–Crippen MR) is 59.5 cm³/mol. The van der Waals surface area contributed by atoms with Crippen LogP contribution < -0.4 is 4.74 Å². The molecule has 0 N–H and O–H groups in total. The normalized spacial score (nSPS) is 10.7. The smallest absolute Gasteiger partial charge is 0.433 e. The van der Waals surface area contributed by atoms with Gasteiger partial charge in [0, 0.05) is 0 Å². The standard InChI is InChI=1S/C12H10F3NO3/c1-3-7-19-10-8(11(17)18-4-2)5-6-9(16-10)12(13,14)15/h1,5-6H,4,7H2,2H3. The van der Waals surface area contributed by atoms with E-state index in [9.17, 15) is 18.0 Å². The van der Waals surface area contributed by atoms with Crippen molar-refractivity contribution in [2.24, 2.45) is 0 Å². The van der Waals surface area contributed by atoms with Crippen molar-refractivity contribution in [2.75, 3.05) is 13.2 Å². The van der Waals surface area contributed by atoms with Crippen LogP contribution in [-0.2, 0) is 10.9 Å². The van der Waals surface area contributed by atoms with Crippen LogP contribution in [0.4, 0.5) is 13.2 Å². The first-order valence-corrected chi connectivity index (χ1v) is 5.21. The number of halogens is 3. The SMILES string of the molecule is C#CCOc1nc(C(F)(F)F)ccc1C(=O)OCC. The van der Waals surface area contributed by atoms with Gasteiger partial charge < -0.3 is 9.47 Å². The van der Waals surface area contributed by atoms with Crippen LogP contribution in [0, 0.1) is 12.3 Å². The second-order valence-corrected chi connectivity index (χ2v) is 3.26. The van der Waals surface area contributed by atoms with Crippen LogP contribution in [0.25, 0.3) is 0 Å². The highest BCUT2D eigenvalue weighted by atomic mass is 19.4. The summed E-state index contributed by atoms with van der Waals surface area (Å²) in [5.41, 5.74) is -1.38. The maximum atomic E-state index is 12.5. The highest BCUT2D eigenvalue weighted by molar-refractivity contribution is 5.91. The molecule has 7 heteroatoms. The van der Waals surface area contributed by atoms with Crippen molar-refractivity contribution >= 4 is 5.97 Å². The number of terminal acetylenes is 1. The van der Waals surface area contributed by atoms with E-state index in [1.54, 1.807) is 6.92 Å². The van der Waals surface area contributed by atoms with Crippen molar-refractivity contribution < 1.29 is 27.4 Å². The van der Waals surface area contributed by atoms with Gasteiger partial charge in [-0.3, -0.25) is 0 Å². The van der Waals surface area contributed by atoms with E-state index in [-0.39, 0.29) is 18.8 Å². The Labute approximate surface area is 107 Å². The summed E-state index contributed by atoms with van der Waals surface area (Å²) in [7, 11) is 0. The first-order chi connectivity index (χ1) is 8.90. The minimum atomic E-state index is -4.64. The molecule has 0 aliphatic carbocycles. The average molecular weight is 273 g/mol. The maximum absolute atomic E-state index is 12.5. The minimum absolute atomic E-state index is 0.0778. The number of nitrogens with zero attached hydrogens (tertiary/aromatic N) is 1. The first-order valence-electron chi connectivity index (χ1n) is 5.21. The molecule has 1 heterocycles. The third-order valence-electron chi connectivity index (χ3n) is 1.94. The second kappa shape index (κ2) is 6.09. The molecule has 0 saturated heterocycles. The van der Waals surface area contributed by atoms with Crippen LogP contribution in [-0.4, -0.2) is 24.2 Å². The molecule has 0 radical (unpaired) electrons. The Morgan fingerprint density at radius 2 is 2.16 bits per heavy atom. The van der Waals surface area contributed by atoms with Gasteiger partial charge in [-0.05, 0) is 19.1 Å². The predicted octanol–water partition coefficient (Wildman–Crippen LogP) is 2.29. The van der Waals surface area contributed by atoms with Crippen LogP contribution in [0.1, 0.15) is 23.0 Å². The fraction of sp³-hybridized carbons (Fsp3) is 0.333. The summed E-state index contributed by atoms with van der Waals surface area (Å²) in [6.07, 6.45) is 0.306. The van der Waals surface area contributed by atoms with Crippen molar-refractivity contribution in [3.8, 4) is 18.2 Å². The van der Waals surface area contributed by atoms with E-state index >= 15 is 0 Å². The first kappa shape index (κ1) is 14.8. The number of ether oxygens (including phenoxy) is 2. The van der Waals surface area contributed by atoms with Crippen LogP contribution in [0.5, 0.6) is 5.88 Å². The zero-order valence-corrected chi connectivity index (χ0v) is 9.95. The highest BCUT2D eigenvalue weighted by Gasteiger charge is 2.34. The lowest BCUT2D eigenvalue weighted by atomic mass is 10.2. The van der Waals surface area contributed by atoms with Crippen LogP contribution in [0.2, 0.25) is 0 Å². The van der Waals surface area contributed by atoms with Crippen LogP contribution in [0.15, 0.2) is 12.1 Å². The zero-order chi connectivity index (χ0) is 14.5. The average Bonchev–Trinajstić information content (AvgIpc) is 2.35. The van der Waals surface area contributed by atoms with E-state index in [0.717, 1.165) is 6.07 Å². The zero-order valence-electron chi connectivity index (χ0n) is 9.95. The number of carbonyl (C=O) groups excluding carboxylic acids is 1. The van der Waals surface area contributed by atoms with Crippen molar-refractivity contribution in [3.63, 3.8) is 0 Å². The quantitative estimate of drug-likeness (QED) is 0.624. The van der Waals surface area contributed by atoms with E-state index < -0.39 is 23.7 Å². The molecule has 0 amide bonds. The van der Waals surface area contributed by atoms with E-state index in [1.807, 2.05) is 0 Å². The van der Waals surface area contributed by atoms with Crippen LogP contribution in [0.3, 0.4) is 0 Å². The Balaban J connectivity index is 3.17. The highest BCUT2D eigenvalue weighted by Crippen LogP contribution is 2.30. The molecule has 0 aliphatic heterocycles.